The van der Waals surface area contributed by atoms with Crippen LogP contribution in [0.15, 0.2) is 66.9 Å². The van der Waals surface area contributed by atoms with Crippen LogP contribution in [0.25, 0.3) is 0 Å². The summed E-state index contributed by atoms with van der Waals surface area (Å²) in [4.78, 5) is 16.9. The second-order valence-corrected chi connectivity index (χ2v) is 5.60. The number of para-hydroxylation sites is 1. The predicted octanol–water partition coefficient (Wildman–Crippen LogP) is 4.74. The molecule has 126 valence electrons. The first-order valence-electron chi connectivity index (χ1n) is 7.59. The van der Waals surface area contributed by atoms with Gasteiger partial charge < -0.3 is 15.4 Å². The molecule has 0 atom stereocenters. The highest BCUT2D eigenvalue weighted by Gasteiger charge is 2.14. The molecule has 0 fully saturated rings. The Bertz CT molecular complexity index is 899. The third kappa shape index (κ3) is 4.08. The molecule has 0 radical (unpaired) electrons. The molecule has 25 heavy (non-hydrogen) atoms. The van der Waals surface area contributed by atoms with Gasteiger partial charge in [-0.25, -0.2) is 4.98 Å². The number of hydrogen-bond donors (Lipinski definition) is 2. The molecular formula is C19H16ClN3O2. The van der Waals surface area contributed by atoms with Gasteiger partial charge in [0.15, 0.2) is 0 Å². The molecule has 0 saturated heterocycles. The summed E-state index contributed by atoms with van der Waals surface area (Å²) >= 11 is 6.16. The van der Waals surface area contributed by atoms with Gasteiger partial charge in [-0.3, -0.25) is 4.79 Å². The first-order valence-corrected chi connectivity index (χ1v) is 7.97. The van der Waals surface area contributed by atoms with Gasteiger partial charge in [0.1, 0.15) is 11.6 Å². The average Bonchev–Trinajstić information content (AvgIpc) is 2.64. The van der Waals surface area contributed by atoms with Gasteiger partial charge in [-0.05, 0) is 36.4 Å². The van der Waals surface area contributed by atoms with E-state index in [1.807, 2.05) is 24.3 Å². The Morgan fingerprint density at radius 3 is 2.72 bits per heavy atom. The second-order valence-electron chi connectivity index (χ2n) is 5.19. The van der Waals surface area contributed by atoms with Crippen LogP contribution in [0.4, 0.5) is 17.2 Å². The van der Waals surface area contributed by atoms with Crippen molar-refractivity contribution in [3.8, 4) is 5.75 Å². The average molecular weight is 354 g/mol. The fraction of sp³-hybridized carbons (Fsp3) is 0.0526. The quantitative estimate of drug-likeness (QED) is 0.695. The van der Waals surface area contributed by atoms with Gasteiger partial charge in [0, 0.05) is 18.0 Å². The number of hydrogen-bond acceptors (Lipinski definition) is 4. The number of aromatic nitrogens is 1. The van der Waals surface area contributed by atoms with Crippen LogP contribution in [0.2, 0.25) is 5.02 Å². The number of ether oxygens (including phenoxy) is 1. The zero-order valence-corrected chi connectivity index (χ0v) is 14.2. The number of methoxy groups -OCH3 is 1. The summed E-state index contributed by atoms with van der Waals surface area (Å²) in [7, 11) is 1.58. The molecule has 2 aromatic carbocycles. The Balaban J connectivity index is 1.84. The van der Waals surface area contributed by atoms with Crippen LogP contribution in [-0.2, 0) is 0 Å². The van der Waals surface area contributed by atoms with Crippen molar-refractivity contribution in [2.45, 2.75) is 0 Å². The predicted molar refractivity (Wildman–Crippen MR) is 99.9 cm³/mol. The molecular weight excluding hydrogens is 338 g/mol. The molecule has 1 amide bonds. The smallest absolute Gasteiger partial charge is 0.259 e. The molecule has 2 N–H and O–H groups in total. The topological polar surface area (TPSA) is 63.2 Å². The number of halogens is 1. The zero-order valence-electron chi connectivity index (χ0n) is 13.5. The van der Waals surface area contributed by atoms with Crippen molar-refractivity contribution in [2.75, 3.05) is 17.7 Å². The van der Waals surface area contributed by atoms with Crippen LogP contribution in [0.3, 0.4) is 0 Å². The Labute approximate surface area is 150 Å². The molecule has 0 unspecified atom stereocenters. The van der Waals surface area contributed by atoms with E-state index in [0.29, 0.717) is 33.5 Å². The number of carbonyl (C=O) groups excluding carboxylic acids is 1. The number of rotatable bonds is 5. The van der Waals surface area contributed by atoms with Crippen molar-refractivity contribution in [2.24, 2.45) is 0 Å². The van der Waals surface area contributed by atoms with Crippen LogP contribution in [-0.4, -0.2) is 18.0 Å². The molecule has 5 nitrogen and oxygen atoms in total. The van der Waals surface area contributed by atoms with Crippen molar-refractivity contribution in [1.82, 2.24) is 4.98 Å². The van der Waals surface area contributed by atoms with Crippen LogP contribution in [0.1, 0.15) is 10.4 Å². The van der Waals surface area contributed by atoms with E-state index in [-0.39, 0.29) is 5.91 Å². The molecule has 1 aromatic heterocycles. The van der Waals surface area contributed by atoms with E-state index in [9.17, 15) is 4.79 Å². The lowest BCUT2D eigenvalue weighted by atomic mass is 10.2. The molecule has 3 rings (SSSR count). The third-order valence-corrected chi connectivity index (χ3v) is 3.84. The summed E-state index contributed by atoms with van der Waals surface area (Å²) < 4.78 is 5.17. The Morgan fingerprint density at radius 1 is 1.08 bits per heavy atom. The summed E-state index contributed by atoms with van der Waals surface area (Å²) in [6, 6.07) is 17.8. The lowest BCUT2D eigenvalue weighted by Crippen LogP contribution is -2.14. The highest BCUT2D eigenvalue weighted by atomic mass is 35.5. The van der Waals surface area contributed by atoms with Gasteiger partial charge >= 0.3 is 0 Å². The second kappa shape index (κ2) is 7.68. The minimum Gasteiger partial charge on any atom is -0.497 e. The van der Waals surface area contributed by atoms with Crippen LogP contribution in [0.5, 0.6) is 5.75 Å². The first kappa shape index (κ1) is 16.8. The minimum absolute atomic E-state index is 0.282. The van der Waals surface area contributed by atoms with E-state index in [0.717, 1.165) is 0 Å². The molecule has 0 bridgehead atoms. The highest BCUT2D eigenvalue weighted by Crippen LogP contribution is 2.26. The third-order valence-electron chi connectivity index (χ3n) is 3.51. The van der Waals surface area contributed by atoms with Gasteiger partial charge in [0.25, 0.3) is 5.91 Å². The normalized spacial score (nSPS) is 10.2. The minimum atomic E-state index is -0.282. The summed E-state index contributed by atoms with van der Waals surface area (Å²) in [6.45, 7) is 0. The first-order chi connectivity index (χ1) is 12.2. The Kier molecular flexibility index (Phi) is 5.16. The van der Waals surface area contributed by atoms with Crippen molar-refractivity contribution in [3.05, 3.63) is 77.4 Å². The fourth-order valence-electron chi connectivity index (χ4n) is 2.28. The zero-order chi connectivity index (χ0) is 17.6. The van der Waals surface area contributed by atoms with Crippen molar-refractivity contribution in [1.29, 1.82) is 0 Å². The summed E-state index contributed by atoms with van der Waals surface area (Å²) in [5, 5.41) is 6.49. The van der Waals surface area contributed by atoms with Gasteiger partial charge in [0.2, 0.25) is 0 Å². The summed E-state index contributed by atoms with van der Waals surface area (Å²) in [5.74, 6) is 0.810. The number of nitrogens with one attached hydrogen (secondary N) is 2. The van der Waals surface area contributed by atoms with E-state index in [1.54, 1.807) is 49.7 Å². The highest BCUT2D eigenvalue weighted by molar-refractivity contribution is 6.33. The molecule has 0 aliphatic heterocycles. The monoisotopic (exact) mass is 353 g/mol. The van der Waals surface area contributed by atoms with Gasteiger partial charge in [-0.1, -0.05) is 29.8 Å². The maximum absolute atomic E-state index is 12.6. The van der Waals surface area contributed by atoms with E-state index in [1.165, 1.54) is 0 Å². The number of carbonyl (C=O) groups is 1. The molecule has 3 aromatic rings. The fourth-order valence-corrected chi connectivity index (χ4v) is 2.46. The van der Waals surface area contributed by atoms with Gasteiger partial charge in [-0.15, -0.1) is 0 Å². The largest absolute Gasteiger partial charge is 0.497 e. The molecule has 0 aliphatic carbocycles. The Hall–Kier alpha value is -3.05. The van der Waals surface area contributed by atoms with Crippen molar-refractivity contribution >= 4 is 34.7 Å². The van der Waals surface area contributed by atoms with Crippen LogP contribution < -0.4 is 15.4 Å². The van der Waals surface area contributed by atoms with Gasteiger partial charge in [-0.2, -0.15) is 0 Å². The lowest BCUT2D eigenvalue weighted by Gasteiger charge is -2.12. The maximum atomic E-state index is 12.6. The molecule has 1 heterocycles. The van der Waals surface area contributed by atoms with E-state index >= 15 is 0 Å². The summed E-state index contributed by atoms with van der Waals surface area (Å²) in [5.41, 5.74) is 1.72. The van der Waals surface area contributed by atoms with Gasteiger partial charge in [0.05, 0.1) is 23.4 Å². The van der Waals surface area contributed by atoms with E-state index < -0.39 is 0 Å². The number of nitrogens with zero attached hydrogens (tertiary/aromatic N) is 1. The molecule has 0 aliphatic rings. The van der Waals surface area contributed by atoms with Crippen molar-refractivity contribution < 1.29 is 9.53 Å². The maximum Gasteiger partial charge on any atom is 0.259 e. The van der Waals surface area contributed by atoms with Crippen LogP contribution in [0, 0.1) is 0 Å². The van der Waals surface area contributed by atoms with Crippen molar-refractivity contribution in [3.63, 3.8) is 0 Å². The number of anilines is 3. The molecule has 6 heteroatoms. The Morgan fingerprint density at radius 2 is 1.92 bits per heavy atom. The number of benzene rings is 2. The molecule has 0 spiro atoms. The SMILES string of the molecule is COc1cccc(NC(=O)c2cccnc2Nc2ccccc2Cl)c1. The van der Waals surface area contributed by atoms with Crippen LogP contribution >= 0.6 is 11.6 Å². The number of pyridine rings is 1. The summed E-state index contributed by atoms with van der Waals surface area (Å²) in [6.07, 6.45) is 1.61. The lowest BCUT2D eigenvalue weighted by molar-refractivity contribution is 0.102. The standard InChI is InChI=1S/C19H16ClN3O2/c1-25-14-7-4-6-13(12-14)22-19(24)15-8-5-11-21-18(15)23-17-10-3-2-9-16(17)20/h2-12H,1H3,(H,21,23)(H,22,24). The number of amides is 1. The van der Waals surface area contributed by atoms with E-state index in [4.69, 9.17) is 16.3 Å². The molecule has 0 saturated carbocycles. The van der Waals surface area contributed by atoms with E-state index in [2.05, 4.69) is 15.6 Å².